The quantitative estimate of drug-likeness (QED) is 0.607. The summed E-state index contributed by atoms with van der Waals surface area (Å²) in [5.41, 5.74) is 8.82. The van der Waals surface area contributed by atoms with Crippen LogP contribution >= 0.6 is 0 Å². The molecule has 3 nitrogen and oxygen atoms in total. The first-order chi connectivity index (χ1) is 6.36. The summed E-state index contributed by atoms with van der Waals surface area (Å²) in [5.74, 6) is 0. The number of anilines is 2. The van der Waals surface area contributed by atoms with Crippen LogP contribution in [0.2, 0.25) is 0 Å². The van der Waals surface area contributed by atoms with Crippen molar-refractivity contribution in [3.05, 3.63) is 23.3 Å². The SMILES string of the molecule is Nc1cc(CO)cc(C(F)(F)F)c1N. The number of benzene rings is 1. The second-order valence-corrected chi connectivity index (χ2v) is 2.80. The maximum Gasteiger partial charge on any atom is 0.418 e. The third-order valence-electron chi connectivity index (χ3n) is 1.76. The molecule has 6 heteroatoms. The van der Waals surface area contributed by atoms with Crippen LogP contribution in [0.15, 0.2) is 12.1 Å². The molecule has 0 aliphatic carbocycles. The molecule has 1 rings (SSSR count). The second kappa shape index (κ2) is 3.38. The first-order valence-corrected chi connectivity index (χ1v) is 3.72. The monoisotopic (exact) mass is 206 g/mol. The molecule has 0 saturated heterocycles. The Labute approximate surface area is 78.1 Å². The van der Waals surface area contributed by atoms with Crippen LogP contribution in [0.1, 0.15) is 11.1 Å². The molecule has 0 fully saturated rings. The Bertz CT molecular complexity index is 349. The van der Waals surface area contributed by atoms with Crippen LogP contribution < -0.4 is 11.5 Å². The molecule has 0 unspecified atom stereocenters. The van der Waals surface area contributed by atoms with Gasteiger partial charge < -0.3 is 16.6 Å². The summed E-state index contributed by atoms with van der Waals surface area (Å²) in [7, 11) is 0. The number of rotatable bonds is 1. The second-order valence-electron chi connectivity index (χ2n) is 2.80. The topological polar surface area (TPSA) is 72.3 Å². The van der Waals surface area contributed by atoms with Crippen LogP contribution in [-0.2, 0) is 12.8 Å². The van der Waals surface area contributed by atoms with E-state index >= 15 is 0 Å². The van der Waals surface area contributed by atoms with E-state index in [4.69, 9.17) is 16.6 Å². The van der Waals surface area contributed by atoms with Crippen LogP contribution in [0.4, 0.5) is 24.5 Å². The van der Waals surface area contributed by atoms with Crippen LogP contribution in [0, 0.1) is 0 Å². The molecule has 78 valence electrons. The van der Waals surface area contributed by atoms with Gasteiger partial charge in [-0.3, -0.25) is 0 Å². The predicted molar refractivity (Wildman–Crippen MR) is 46.2 cm³/mol. The van der Waals surface area contributed by atoms with E-state index in [0.717, 1.165) is 6.07 Å². The highest BCUT2D eigenvalue weighted by atomic mass is 19.4. The smallest absolute Gasteiger partial charge is 0.397 e. The lowest BCUT2D eigenvalue weighted by Crippen LogP contribution is -2.11. The molecule has 0 amide bonds. The van der Waals surface area contributed by atoms with Crippen LogP contribution in [-0.4, -0.2) is 5.11 Å². The minimum atomic E-state index is -4.55. The molecular formula is C8H9F3N2O. The van der Waals surface area contributed by atoms with Crippen LogP contribution in [0.25, 0.3) is 0 Å². The Kier molecular flexibility index (Phi) is 2.57. The van der Waals surface area contributed by atoms with Gasteiger partial charge in [-0.1, -0.05) is 0 Å². The minimum absolute atomic E-state index is 0.0871. The maximum absolute atomic E-state index is 12.3. The lowest BCUT2D eigenvalue weighted by molar-refractivity contribution is -0.136. The zero-order valence-corrected chi connectivity index (χ0v) is 7.10. The van der Waals surface area contributed by atoms with Gasteiger partial charge in [0.25, 0.3) is 0 Å². The average Bonchev–Trinajstić information content (AvgIpc) is 2.07. The van der Waals surface area contributed by atoms with Gasteiger partial charge in [0.05, 0.1) is 23.5 Å². The lowest BCUT2D eigenvalue weighted by Gasteiger charge is -2.13. The van der Waals surface area contributed by atoms with E-state index in [-0.39, 0.29) is 11.3 Å². The number of nitrogen functional groups attached to an aromatic ring is 2. The summed E-state index contributed by atoms with van der Waals surface area (Å²) in [6.45, 7) is -0.506. The van der Waals surface area contributed by atoms with Crippen molar-refractivity contribution in [3.8, 4) is 0 Å². The lowest BCUT2D eigenvalue weighted by atomic mass is 10.1. The molecule has 1 aromatic rings. The van der Waals surface area contributed by atoms with Gasteiger partial charge in [0.2, 0.25) is 0 Å². The van der Waals surface area contributed by atoms with Crippen molar-refractivity contribution in [2.24, 2.45) is 0 Å². The number of hydrogen-bond donors (Lipinski definition) is 3. The Morgan fingerprint density at radius 2 is 1.79 bits per heavy atom. The number of halogens is 3. The van der Waals surface area contributed by atoms with Crippen molar-refractivity contribution in [1.82, 2.24) is 0 Å². The third kappa shape index (κ3) is 1.90. The summed E-state index contributed by atoms with van der Waals surface area (Å²) >= 11 is 0. The fourth-order valence-electron chi connectivity index (χ4n) is 1.06. The summed E-state index contributed by atoms with van der Waals surface area (Å²) in [6.07, 6.45) is -4.55. The van der Waals surface area contributed by atoms with Crippen molar-refractivity contribution in [3.63, 3.8) is 0 Å². The molecule has 0 atom stereocenters. The molecule has 0 radical (unpaired) electrons. The van der Waals surface area contributed by atoms with Crippen LogP contribution in [0.3, 0.4) is 0 Å². The van der Waals surface area contributed by atoms with E-state index in [2.05, 4.69) is 0 Å². The van der Waals surface area contributed by atoms with E-state index in [0.29, 0.717) is 0 Å². The van der Waals surface area contributed by atoms with Gasteiger partial charge in [-0.25, -0.2) is 0 Å². The van der Waals surface area contributed by atoms with Crippen molar-refractivity contribution in [1.29, 1.82) is 0 Å². The molecular weight excluding hydrogens is 197 g/mol. The summed E-state index contributed by atoms with van der Waals surface area (Å²) in [5, 5.41) is 8.68. The maximum atomic E-state index is 12.3. The predicted octanol–water partition coefficient (Wildman–Crippen LogP) is 1.36. The normalized spacial score (nSPS) is 11.7. The molecule has 14 heavy (non-hydrogen) atoms. The zero-order valence-electron chi connectivity index (χ0n) is 7.10. The molecule has 0 aliphatic rings. The minimum Gasteiger partial charge on any atom is -0.397 e. The van der Waals surface area contributed by atoms with E-state index < -0.39 is 24.0 Å². The van der Waals surface area contributed by atoms with E-state index in [1.165, 1.54) is 6.07 Å². The number of nitrogens with two attached hydrogens (primary N) is 2. The van der Waals surface area contributed by atoms with E-state index in [9.17, 15) is 13.2 Å². The summed E-state index contributed by atoms with van der Waals surface area (Å²) in [4.78, 5) is 0. The Balaban J connectivity index is 3.35. The van der Waals surface area contributed by atoms with Crippen LogP contribution in [0.5, 0.6) is 0 Å². The van der Waals surface area contributed by atoms with E-state index in [1.54, 1.807) is 0 Å². The number of aliphatic hydroxyl groups excluding tert-OH is 1. The van der Waals surface area contributed by atoms with Crippen molar-refractivity contribution < 1.29 is 18.3 Å². The average molecular weight is 206 g/mol. The van der Waals surface area contributed by atoms with Crippen molar-refractivity contribution in [2.45, 2.75) is 12.8 Å². The summed E-state index contributed by atoms with van der Waals surface area (Å²) < 4.78 is 37.0. The largest absolute Gasteiger partial charge is 0.418 e. The molecule has 0 bridgehead atoms. The molecule has 0 aliphatic heterocycles. The number of alkyl halides is 3. The molecule has 1 aromatic carbocycles. The van der Waals surface area contributed by atoms with Gasteiger partial charge in [-0.05, 0) is 17.7 Å². The highest BCUT2D eigenvalue weighted by Gasteiger charge is 2.33. The third-order valence-corrected chi connectivity index (χ3v) is 1.76. The Morgan fingerprint density at radius 1 is 1.21 bits per heavy atom. The van der Waals surface area contributed by atoms with Gasteiger partial charge in [0, 0.05) is 0 Å². The van der Waals surface area contributed by atoms with Gasteiger partial charge in [0.15, 0.2) is 0 Å². The standard InChI is InChI=1S/C8H9F3N2O/c9-8(10,11)5-1-4(3-14)2-6(12)7(5)13/h1-2,14H,3,12-13H2. The Morgan fingerprint density at radius 3 is 2.21 bits per heavy atom. The van der Waals surface area contributed by atoms with Gasteiger partial charge in [-0.2, -0.15) is 13.2 Å². The summed E-state index contributed by atoms with van der Waals surface area (Å²) in [6, 6.07) is 2.00. The van der Waals surface area contributed by atoms with Crippen molar-refractivity contribution >= 4 is 11.4 Å². The first kappa shape index (κ1) is 10.6. The molecule has 0 saturated carbocycles. The fourth-order valence-corrected chi connectivity index (χ4v) is 1.06. The van der Waals surface area contributed by atoms with E-state index in [1.807, 2.05) is 0 Å². The fraction of sp³-hybridized carbons (Fsp3) is 0.250. The van der Waals surface area contributed by atoms with Gasteiger partial charge in [-0.15, -0.1) is 0 Å². The van der Waals surface area contributed by atoms with Gasteiger partial charge >= 0.3 is 6.18 Å². The van der Waals surface area contributed by atoms with Crippen molar-refractivity contribution in [2.75, 3.05) is 11.5 Å². The number of hydrogen-bond acceptors (Lipinski definition) is 3. The molecule has 5 N–H and O–H groups in total. The number of aliphatic hydroxyl groups is 1. The highest BCUT2D eigenvalue weighted by molar-refractivity contribution is 5.69. The van der Waals surface area contributed by atoms with Gasteiger partial charge in [0.1, 0.15) is 0 Å². The highest BCUT2D eigenvalue weighted by Crippen LogP contribution is 2.36. The first-order valence-electron chi connectivity index (χ1n) is 3.72. The Hall–Kier alpha value is -1.43. The molecule has 0 heterocycles. The molecule has 0 spiro atoms. The molecule has 0 aromatic heterocycles. The zero-order chi connectivity index (χ0) is 10.9.